The van der Waals surface area contributed by atoms with Crippen molar-refractivity contribution >= 4 is 24.2 Å². The quantitative estimate of drug-likeness (QED) is 0.713. The number of carbonyl (C=O) groups excluding carboxylic acids is 2. The lowest BCUT2D eigenvalue weighted by Gasteiger charge is -2.14. The van der Waals surface area contributed by atoms with Crippen LogP contribution in [-0.4, -0.2) is 19.4 Å². The fourth-order valence-corrected chi connectivity index (χ4v) is 1.14. The Hall–Kier alpha value is -1.84. The molecule has 0 aliphatic rings. The molecule has 0 spiro atoms. The van der Waals surface area contributed by atoms with E-state index in [-0.39, 0.29) is 0 Å². The molecule has 0 atom stereocenters. The zero-order valence-corrected chi connectivity index (χ0v) is 7.93. The van der Waals surface area contributed by atoms with E-state index in [1.165, 1.54) is 0 Å². The fraction of sp³-hybridized carbons (Fsp3) is 0.200. The van der Waals surface area contributed by atoms with Crippen LogP contribution in [0.1, 0.15) is 6.92 Å². The van der Waals surface area contributed by atoms with Crippen LogP contribution in [-0.2, 0) is 9.59 Å². The summed E-state index contributed by atoms with van der Waals surface area (Å²) >= 11 is 0. The van der Waals surface area contributed by atoms with Gasteiger partial charge < -0.3 is 10.2 Å². The summed E-state index contributed by atoms with van der Waals surface area (Å²) in [5.41, 5.74) is 1.53. The fourth-order valence-electron chi connectivity index (χ4n) is 1.14. The zero-order chi connectivity index (χ0) is 10.4. The van der Waals surface area contributed by atoms with E-state index in [0.29, 0.717) is 18.6 Å². The molecule has 1 rings (SSSR count). The van der Waals surface area contributed by atoms with Crippen LogP contribution < -0.4 is 10.2 Å². The van der Waals surface area contributed by atoms with Gasteiger partial charge in [-0.05, 0) is 31.2 Å². The second-order valence-corrected chi connectivity index (χ2v) is 2.70. The van der Waals surface area contributed by atoms with Gasteiger partial charge in [-0.1, -0.05) is 0 Å². The molecule has 4 nitrogen and oxygen atoms in total. The predicted molar refractivity (Wildman–Crippen MR) is 55.2 cm³/mol. The standard InChI is InChI=1S/C10H12N2O2/c1-2-12(8-14)10-5-3-9(4-6-10)11-7-13/h3-8H,2H2,1H3,(H,11,13). The summed E-state index contributed by atoms with van der Waals surface area (Å²) in [6.45, 7) is 2.52. The molecule has 4 heteroatoms. The van der Waals surface area contributed by atoms with Gasteiger partial charge >= 0.3 is 0 Å². The molecule has 0 radical (unpaired) electrons. The minimum absolute atomic E-state index is 0.617. The van der Waals surface area contributed by atoms with E-state index < -0.39 is 0 Å². The lowest BCUT2D eigenvalue weighted by molar-refractivity contribution is -0.107. The Labute approximate surface area is 82.5 Å². The van der Waals surface area contributed by atoms with Gasteiger partial charge in [0.2, 0.25) is 12.8 Å². The largest absolute Gasteiger partial charge is 0.329 e. The summed E-state index contributed by atoms with van der Waals surface area (Å²) < 4.78 is 0. The second-order valence-electron chi connectivity index (χ2n) is 2.70. The summed E-state index contributed by atoms with van der Waals surface area (Å²) in [6.07, 6.45) is 1.40. The first-order chi connectivity index (χ1) is 6.81. The van der Waals surface area contributed by atoms with Gasteiger partial charge in [-0.3, -0.25) is 9.59 Å². The maximum atomic E-state index is 10.6. The molecule has 2 amide bonds. The molecule has 0 aliphatic heterocycles. The maximum Gasteiger partial charge on any atom is 0.214 e. The molecule has 0 aliphatic carbocycles. The first kappa shape index (κ1) is 10.2. The van der Waals surface area contributed by atoms with Crippen molar-refractivity contribution in [3.63, 3.8) is 0 Å². The van der Waals surface area contributed by atoms with E-state index in [9.17, 15) is 9.59 Å². The van der Waals surface area contributed by atoms with Gasteiger partial charge in [0.15, 0.2) is 0 Å². The monoisotopic (exact) mass is 192 g/mol. The van der Waals surface area contributed by atoms with Crippen LogP contribution in [0.2, 0.25) is 0 Å². The highest BCUT2D eigenvalue weighted by Gasteiger charge is 2.00. The van der Waals surface area contributed by atoms with Crippen molar-refractivity contribution < 1.29 is 9.59 Å². The first-order valence-corrected chi connectivity index (χ1v) is 4.34. The van der Waals surface area contributed by atoms with Crippen LogP contribution in [0.4, 0.5) is 11.4 Å². The first-order valence-electron chi connectivity index (χ1n) is 4.34. The number of anilines is 2. The Balaban J connectivity index is 2.81. The van der Waals surface area contributed by atoms with Crippen molar-refractivity contribution in [2.24, 2.45) is 0 Å². The van der Waals surface area contributed by atoms with Crippen LogP contribution in [0, 0.1) is 0 Å². The van der Waals surface area contributed by atoms with Gasteiger partial charge in [0.1, 0.15) is 0 Å². The van der Waals surface area contributed by atoms with Crippen molar-refractivity contribution in [1.29, 1.82) is 0 Å². The Bertz CT molecular complexity index is 308. The molecule has 74 valence electrons. The van der Waals surface area contributed by atoms with E-state index in [1.807, 2.05) is 6.92 Å². The molecule has 0 saturated carbocycles. The van der Waals surface area contributed by atoms with Gasteiger partial charge in [-0.15, -0.1) is 0 Å². The van der Waals surface area contributed by atoms with Gasteiger partial charge in [0.05, 0.1) is 0 Å². The molecule has 0 heterocycles. The van der Waals surface area contributed by atoms with E-state index in [4.69, 9.17) is 0 Å². The molecule has 0 saturated heterocycles. The van der Waals surface area contributed by atoms with E-state index in [0.717, 1.165) is 12.1 Å². The predicted octanol–water partition coefficient (Wildman–Crippen LogP) is 1.24. The molecule has 1 aromatic rings. The topological polar surface area (TPSA) is 49.4 Å². The van der Waals surface area contributed by atoms with E-state index in [2.05, 4.69) is 5.32 Å². The number of nitrogens with one attached hydrogen (secondary N) is 1. The SMILES string of the molecule is CCN(C=O)c1ccc(NC=O)cc1. The third kappa shape index (κ3) is 2.32. The van der Waals surface area contributed by atoms with Crippen molar-refractivity contribution in [2.45, 2.75) is 6.92 Å². The Morgan fingerprint density at radius 3 is 2.36 bits per heavy atom. The summed E-state index contributed by atoms with van der Waals surface area (Å²) in [7, 11) is 0. The van der Waals surface area contributed by atoms with Crippen LogP contribution in [0.5, 0.6) is 0 Å². The van der Waals surface area contributed by atoms with E-state index >= 15 is 0 Å². The van der Waals surface area contributed by atoms with Gasteiger partial charge in [-0.2, -0.15) is 0 Å². The number of carbonyl (C=O) groups is 2. The molecule has 0 bridgehead atoms. The smallest absolute Gasteiger partial charge is 0.214 e. The Morgan fingerprint density at radius 1 is 1.29 bits per heavy atom. The highest BCUT2D eigenvalue weighted by atomic mass is 16.1. The molecule has 0 fully saturated rings. The highest BCUT2D eigenvalue weighted by molar-refractivity contribution is 5.77. The molecule has 1 aromatic carbocycles. The summed E-state index contributed by atoms with van der Waals surface area (Å²) in [5, 5.41) is 2.52. The maximum absolute atomic E-state index is 10.6. The normalized spacial score (nSPS) is 9.21. The second kappa shape index (κ2) is 5.01. The molecule has 0 aromatic heterocycles. The highest BCUT2D eigenvalue weighted by Crippen LogP contribution is 2.15. The lowest BCUT2D eigenvalue weighted by atomic mass is 10.2. The molecule has 14 heavy (non-hydrogen) atoms. The average Bonchev–Trinajstić information content (AvgIpc) is 2.23. The van der Waals surface area contributed by atoms with Crippen LogP contribution >= 0.6 is 0 Å². The molecule has 1 N–H and O–H groups in total. The number of hydrogen-bond acceptors (Lipinski definition) is 2. The zero-order valence-electron chi connectivity index (χ0n) is 7.93. The summed E-state index contributed by atoms with van der Waals surface area (Å²) in [6, 6.07) is 7.05. The van der Waals surface area contributed by atoms with Crippen LogP contribution in [0.25, 0.3) is 0 Å². The lowest BCUT2D eigenvalue weighted by Crippen LogP contribution is -2.19. The third-order valence-electron chi connectivity index (χ3n) is 1.89. The molecule has 0 unspecified atom stereocenters. The molecular weight excluding hydrogens is 180 g/mol. The average molecular weight is 192 g/mol. The van der Waals surface area contributed by atoms with Gasteiger partial charge in [0, 0.05) is 17.9 Å². The number of rotatable bonds is 5. The van der Waals surface area contributed by atoms with Crippen molar-refractivity contribution in [2.75, 3.05) is 16.8 Å². The Morgan fingerprint density at radius 2 is 1.93 bits per heavy atom. The third-order valence-corrected chi connectivity index (χ3v) is 1.89. The van der Waals surface area contributed by atoms with Gasteiger partial charge in [0.25, 0.3) is 0 Å². The summed E-state index contributed by atoms with van der Waals surface area (Å²) in [4.78, 5) is 22.3. The Kier molecular flexibility index (Phi) is 3.67. The number of hydrogen-bond donors (Lipinski definition) is 1. The van der Waals surface area contributed by atoms with Crippen LogP contribution in [0.3, 0.4) is 0 Å². The van der Waals surface area contributed by atoms with Gasteiger partial charge in [-0.25, -0.2) is 0 Å². The van der Waals surface area contributed by atoms with E-state index in [1.54, 1.807) is 29.2 Å². The van der Waals surface area contributed by atoms with Crippen molar-refractivity contribution in [1.82, 2.24) is 0 Å². The van der Waals surface area contributed by atoms with Crippen LogP contribution in [0.15, 0.2) is 24.3 Å². The molecular formula is C10H12N2O2. The minimum Gasteiger partial charge on any atom is -0.329 e. The number of nitrogens with zero attached hydrogens (tertiary/aromatic N) is 1. The number of benzene rings is 1. The summed E-state index contributed by atoms with van der Waals surface area (Å²) in [5.74, 6) is 0. The van der Waals surface area contributed by atoms with Crippen molar-refractivity contribution in [3.8, 4) is 0 Å². The van der Waals surface area contributed by atoms with Crippen molar-refractivity contribution in [3.05, 3.63) is 24.3 Å². The minimum atomic E-state index is 0.617. The number of amides is 2.